The molecule has 5 heteroatoms. The van der Waals surface area contributed by atoms with E-state index in [2.05, 4.69) is 5.16 Å². The quantitative estimate of drug-likeness (QED) is 0.871. The maximum Gasteiger partial charge on any atom is 0.174 e. The van der Waals surface area contributed by atoms with E-state index in [0.717, 1.165) is 12.0 Å². The summed E-state index contributed by atoms with van der Waals surface area (Å²) in [5.74, 6) is 0.960. The fourth-order valence-corrected chi connectivity index (χ4v) is 1.74. The first kappa shape index (κ1) is 13.5. The number of hydrogen-bond acceptors (Lipinski definition) is 4. The zero-order chi connectivity index (χ0) is 13.7. The maximum atomic E-state index is 13.3. The average molecular weight is 264 g/mol. The Bertz CT molecular complexity index is 514. The van der Waals surface area contributed by atoms with Gasteiger partial charge < -0.3 is 15.0 Å². The van der Waals surface area contributed by atoms with Crippen LogP contribution >= 0.6 is 0 Å². The van der Waals surface area contributed by atoms with Gasteiger partial charge in [0, 0.05) is 12.1 Å². The van der Waals surface area contributed by atoms with Gasteiger partial charge in [-0.15, -0.1) is 0 Å². The summed E-state index contributed by atoms with van der Waals surface area (Å²) in [5.41, 5.74) is 6.68. The molecule has 0 aliphatic heterocycles. The molecule has 102 valence electrons. The number of benzene rings is 1. The minimum atomic E-state index is -0.287. The Morgan fingerprint density at radius 2 is 2.26 bits per heavy atom. The molecule has 4 nitrogen and oxygen atoms in total. The Hall–Kier alpha value is -1.88. The first-order chi connectivity index (χ1) is 9.19. The van der Waals surface area contributed by atoms with E-state index in [4.69, 9.17) is 15.0 Å². The van der Waals surface area contributed by atoms with E-state index in [9.17, 15) is 4.39 Å². The van der Waals surface area contributed by atoms with E-state index in [1.807, 2.05) is 6.92 Å². The number of rotatable bonds is 6. The molecule has 0 radical (unpaired) electrons. The molecule has 1 aromatic carbocycles. The monoisotopic (exact) mass is 264 g/mol. The van der Waals surface area contributed by atoms with Crippen molar-refractivity contribution in [2.24, 2.45) is 5.73 Å². The normalized spacial score (nSPS) is 12.4. The second-order valence-electron chi connectivity index (χ2n) is 4.39. The molecule has 0 aliphatic rings. The lowest BCUT2D eigenvalue weighted by atomic mass is 10.0. The van der Waals surface area contributed by atoms with Gasteiger partial charge in [-0.2, -0.15) is 0 Å². The van der Waals surface area contributed by atoms with Crippen molar-refractivity contribution in [3.63, 3.8) is 0 Å². The van der Waals surface area contributed by atoms with Gasteiger partial charge in [-0.25, -0.2) is 4.39 Å². The topological polar surface area (TPSA) is 61.3 Å². The van der Waals surface area contributed by atoms with Gasteiger partial charge in [-0.05, 0) is 36.6 Å². The number of aromatic nitrogens is 1. The van der Waals surface area contributed by atoms with Crippen molar-refractivity contribution in [3.8, 4) is 5.75 Å². The van der Waals surface area contributed by atoms with Gasteiger partial charge in [0.05, 0.1) is 6.20 Å². The van der Waals surface area contributed by atoms with Gasteiger partial charge >= 0.3 is 0 Å². The van der Waals surface area contributed by atoms with Crippen LogP contribution in [0.5, 0.6) is 5.75 Å². The second-order valence-corrected chi connectivity index (χ2v) is 4.39. The lowest BCUT2D eigenvalue weighted by molar-refractivity contribution is 0.246. The third-order valence-corrected chi connectivity index (χ3v) is 2.89. The van der Waals surface area contributed by atoms with Crippen molar-refractivity contribution >= 4 is 0 Å². The van der Waals surface area contributed by atoms with Crippen molar-refractivity contribution in [1.29, 1.82) is 0 Å². The standard InChI is InChI=1S/C14H17FN2O2/c1-2-12(16)8-10-7-11(15)3-4-14(10)18-9-13-5-6-17-19-13/h3-7,12H,2,8-9,16H2,1H3. The van der Waals surface area contributed by atoms with Crippen molar-refractivity contribution < 1.29 is 13.7 Å². The molecule has 0 fully saturated rings. The molecular weight excluding hydrogens is 247 g/mol. The predicted octanol–water partition coefficient (Wildman–Crippen LogP) is 2.67. The molecule has 1 heterocycles. The fraction of sp³-hybridized carbons (Fsp3) is 0.357. The van der Waals surface area contributed by atoms with Crippen LogP contribution in [0.25, 0.3) is 0 Å². The van der Waals surface area contributed by atoms with Gasteiger partial charge in [0.25, 0.3) is 0 Å². The van der Waals surface area contributed by atoms with Crippen LogP contribution in [0.4, 0.5) is 4.39 Å². The number of halogens is 1. The predicted molar refractivity (Wildman–Crippen MR) is 69.2 cm³/mol. The van der Waals surface area contributed by atoms with Crippen LogP contribution in [0.1, 0.15) is 24.7 Å². The third kappa shape index (κ3) is 3.79. The summed E-state index contributed by atoms with van der Waals surface area (Å²) in [4.78, 5) is 0. The Kier molecular flexibility index (Phi) is 4.52. The number of hydrogen-bond donors (Lipinski definition) is 1. The van der Waals surface area contributed by atoms with Crippen molar-refractivity contribution in [2.45, 2.75) is 32.4 Å². The highest BCUT2D eigenvalue weighted by Crippen LogP contribution is 2.22. The van der Waals surface area contributed by atoms with Crippen LogP contribution in [0.2, 0.25) is 0 Å². The van der Waals surface area contributed by atoms with Crippen LogP contribution in [-0.2, 0) is 13.0 Å². The smallest absolute Gasteiger partial charge is 0.174 e. The van der Waals surface area contributed by atoms with Gasteiger partial charge in [0.1, 0.15) is 18.2 Å². The minimum absolute atomic E-state index is 0.00516. The summed E-state index contributed by atoms with van der Waals surface area (Å²) in [6, 6.07) is 6.17. The summed E-state index contributed by atoms with van der Waals surface area (Å²) >= 11 is 0. The van der Waals surface area contributed by atoms with E-state index in [1.54, 1.807) is 18.3 Å². The molecule has 0 saturated carbocycles. The summed E-state index contributed by atoms with van der Waals surface area (Å²) in [5, 5.41) is 3.60. The van der Waals surface area contributed by atoms with Crippen molar-refractivity contribution in [2.75, 3.05) is 0 Å². The van der Waals surface area contributed by atoms with Gasteiger partial charge in [0.2, 0.25) is 0 Å². The Morgan fingerprint density at radius 3 is 2.95 bits per heavy atom. The first-order valence-corrected chi connectivity index (χ1v) is 6.25. The largest absolute Gasteiger partial charge is 0.485 e. The molecule has 2 N–H and O–H groups in total. The van der Waals surface area contributed by atoms with E-state index in [1.165, 1.54) is 12.1 Å². The van der Waals surface area contributed by atoms with E-state index in [-0.39, 0.29) is 18.5 Å². The molecule has 2 aromatic rings. The molecule has 1 atom stereocenters. The molecule has 0 aliphatic carbocycles. The van der Waals surface area contributed by atoms with E-state index < -0.39 is 0 Å². The molecule has 0 bridgehead atoms. The average Bonchev–Trinajstić information content (AvgIpc) is 2.91. The third-order valence-electron chi connectivity index (χ3n) is 2.89. The minimum Gasteiger partial charge on any atom is -0.485 e. The van der Waals surface area contributed by atoms with Gasteiger partial charge in [-0.1, -0.05) is 12.1 Å². The van der Waals surface area contributed by atoms with Crippen molar-refractivity contribution in [3.05, 3.63) is 47.6 Å². The zero-order valence-corrected chi connectivity index (χ0v) is 10.8. The Labute approximate surface area is 111 Å². The zero-order valence-electron chi connectivity index (χ0n) is 10.8. The highest BCUT2D eigenvalue weighted by Gasteiger charge is 2.10. The van der Waals surface area contributed by atoms with Gasteiger partial charge in [-0.3, -0.25) is 0 Å². The number of ether oxygens (including phenoxy) is 1. The molecule has 2 rings (SSSR count). The molecule has 0 amide bonds. The molecule has 19 heavy (non-hydrogen) atoms. The maximum absolute atomic E-state index is 13.3. The van der Waals surface area contributed by atoms with Crippen LogP contribution < -0.4 is 10.5 Å². The van der Waals surface area contributed by atoms with Crippen LogP contribution in [0.3, 0.4) is 0 Å². The summed E-state index contributed by atoms with van der Waals surface area (Å²) < 4.78 is 23.9. The van der Waals surface area contributed by atoms with Crippen LogP contribution in [-0.4, -0.2) is 11.2 Å². The molecule has 0 saturated heterocycles. The van der Waals surface area contributed by atoms with E-state index >= 15 is 0 Å². The Balaban J connectivity index is 2.09. The molecule has 0 spiro atoms. The van der Waals surface area contributed by atoms with E-state index in [0.29, 0.717) is 17.9 Å². The molecular formula is C14H17FN2O2. The lowest BCUT2D eigenvalue weighted by Crippen LogP contribution is -2.21. The second kappa shape index (κ2) is 6.33. The molecule has 1 unspecified atom stereocenters. The lowest BCUT2D eigenvalue weighted by Gasteiger charge is -2.13. The highest BCUT2D eigenvalue weighted by molar-refractivity contribution is 5.34. The van der Waals surface area contributed by atoms with Crippen LogP contribution in [0.15, 0.2) is 35.0 Å². The first-order valence-electron chi connectivity index (χ1n) is 6.25. The summed E-state index contributed by atoms with van der Waals surface area (Å²) in [6.07, 6.45) is 2.97. The fourth-order valence-electron chi connectivity index (χ4n) is 1.74. The number of nitrogens with two attached hydrogens (primary N) is 1. The Morgan fingerprint density at radius 1 is 1.42 bits per heavy atom. The summed E-state index contributed by atoms with van der Waals surface area (Å²) in [7, 11) is 0. The van der Waals surface area contributed by atoms with Crippen LogP contribution in [0, 0.1) is 5.82 Å². The highest BCUT2D eigenvalue weighted by atomic mass is 19.1. The molecule has 1 aromatic heterocycles. The van der Waals surface area contributed by atoms with Crippen molar-refractivity contribution in [1.82, 2.24) is 5.16 Å². The SMILES string of the molecule is CCC(N)Cc1cc(F)ccc1OCc1ccno1. The van der Waals surface area contributed by atoms with Gasteiger partial charge in [0.15, 0.2) is 5.76 Å². The number of nitrogens with zero attached hydrogens (tertiary/aromatic N) is 1. The summed E-state index contributed by atoms with van der Waals surface area (Å²) in [6.45, 7) is 2.26.